The quantitative estimate of drug-likeness (QED) is 0.459. The molecular weight excluding hydrogens is 350 g/mol. The molecule has 0 saturated heterocycles. The average Bonchev–Trinajstić information content (AvgIpc) is 2.75. The molecule has 0 N–H and O–H groups in total. The van der Waals surface area contributed by atoms with Gasteiger partial charge in [-0.3, -0.25) is 0 Å². The van der Waals surface area contributed by atoms with Gasteiger partial charge in [0.25, 0.3) is 0 Å². The van der Waals surface area contributed by atoms with E-state index in [0.717, 1.165) is 21.2 Å². The van der Waals surface area contributed by atoms with Gasteiger partial charge in [0.2, 0.25) is 0 Å². The first-order valence-corrected chi connectivity index (χ1v) is 11.8. The molecule has 27 heavy (non-hydrogen) atoms. The van der Waals surface area contributed by atoms with Gasteiger partial charge in [-0.1, -0.05) is 0 Å². The van der Waals surface area contributed by atoms with Crippen LogP contribution in [0.15, 0.2) is 115 Å². The molecule has 0 nitrogen and oxygen atoms in total. The third kappa shape index (κ3) is 2.54. The summed E-state index contributed by atoms with van der Waals surface area (Å²) in [5.74, 6) is -0.158. The van der Waals surface area contributed by atoms with Crippen molar-refractivity contribution < 1.29 is 4.39 Å². The molecule has 4 rings (SSSR count). The number of rotatable bonds is 4. The van der Waals surface area contributed by atoms with Gasteiger partial charge in [0, 0.05) is 0 Å². The average molecular weight is 372 g/mol. The molecule has 0 spiro atoms. The van der Waals surface area contributed by atoms with Crippen molar-refractivity contribution in [3.8, 4) is 0 Å². The molecule has 134 valence electrons. The van der Waals surface area contributed by atoms with Crippen LogP contribution in [0.2, 0.25) is 0 Å². The summed E-state index contributed by atoms with van der Waals surface area (Å²) in [6.07, 6.45) is 0. The molecule has 4 aromatic rings. The molecule has 0 fully saturated rings. The Morgan fingerprint density at radius 3 is 1.19 bits per heavy atom. The first-order valence-electron chi connectivity index (χ1n) is 9.09. The molecule has 0 amide bonds. The molecule has 0 heterocycles. The van der Waals surface area contributed by atoms with Gasteiger partial charge in [0.15, 0.2) is 0 Å². The molecule has 0 saturated carbocycles. The second-order valence-electron chi connectivity index (χ2n) is 7.02. The molecule has 0 aliphatic carbocycles. The van der Waals surface area contributed by atoms with Gasteiger partial charge < -0.3 is 0 Å². The molecule has 2 heteroatoms. The Bertz CT molecular complexity index is 944. The summed E-state index contributed by atoms with van der Waals surface area (Å²) in [4.78, 5) is 0. The number of hydrogen-bond donors (Lipinski definition) is 0. The van der Waals surface area contributed by atoms with Crippen molar-refractivity contribution >= 4 is 27.8 Å². The minimum absolute atomic E-state index is 0.158. The summed E-state index contributed by atoms with van der Waals surface area (Å²) in [6, 6.07) is 38.4. The molecule has 0 bridgehead atoms. The zero-order valence-corrected chi connectivity index (χ0v) is 16.2. The Morgan fingerprint density at radius 2 is 0.815 bits per heavy atom. The van der Waals surface area contributed by atoms with Crippen LogP contribution in [0.1, 0.15) is 0 Å². The molecule has 0 radical (unpaired) electrons. The van der Waals surface area contributed by atoms with Crippen molar-refractivity contribution in [2.75, 3.05) is 6.66 Å². The maximum absolute atomic E-state index is 15.4. The van der Waals surface area contributed by atoms with Gasteiger partial charge in [-0.2, -0.15) is 0 Å². The maximum atomic E-state index is 15.4. The van der Waals surface area contributed by atoms with Gasteiger partial charge in [0.1, 0.15) is 0 Å². The normalized spacial score (nSPS) is 12.9. The second kappa shape index (κ2) is 6.76. The van der Waals surface area contributed by atoms with Gasteiger partial charge in [0.05, 0.1) is 0 Å². The van der Waals surface area contributed by atoms with Crippen molar-refractivity contribution in [3.05, 3.63) is 121 Å². The van der Waals surface area contributed by atoms with Crippen LogP contribution in [0.25, 0.3) is 0 Å². The van der Waals surface area contributed by atoms with Crippen LogP contribution in [-0.2, 0) is 0 Å². The first kappa shape index (κ1) is 17.6. The van der Waals surface area contributed by atoms with Crippen molar-refractivity contribution in [1.82, 2.24) is 0 Å². The van der Waals surface area contributed by atoms with Crippen molar-refractivity contribution in [3.63, 3.8) is 0 Å². The standard InChI is InChI=1S/C25H22FP/c1-27(21-13-5-2-6-14-21,22-15-7-3-8-16-22,23-17-9-4-10-18-23)25-20-12-11-19-24(25)26/h2-20H,1H3. The van der Waals surface area contributed by atoms with Crippen molar-refractivity contribution in [1.29, 1.82) is 0 Å². The van der Waals surface area contributed by atoms with Crippen LogP contribution < -0.4 is 21.2 Å². The predicted molar refractivity (Wildman–Crippen MR) is 117 cm³/mol. The van der Waals surface area contributed by atoms with Crippen LogP contribution in [0, 0.1) is 5.82 Å². The van der Waals surface area contributed by atoms with E-state index in [1.165, 1.54) is 0 Å². The zero-order chi connectivity index (χ0) is 18.8. The molecule has 0 atom stereocenters. The van der Waals surface area contributed by atoms with Crippen LogP contribution in [0.4, 0.5) is 4.39 Å². The summed E-state index contributed by atoms with van der Waals surface area (Å²) in [6.45, 7) is -0.971. The second-order valence-corrected chi connectivity index (χ2v) is 12.2. The molecule has 0 aromatic heterocycles. The molecule has 0 aliphatic heterocycles. The van der Waals surface area contributed by atoms with E-state index in [-0.39, 0.29) is 5.82 Å². The topological polar surface area (TPSA) is 0 Å². The third-order valence-corrected chi connectivity index (χ3v) is 12.0. The van der Waals surface area contributed by atoms with Crippen LogP contribution in [0.3, 0.4) is 0 Å². The van der Waals surface area contributed by atoms with E-state index in [4.69, 9.17) is 0 Å². The van der Waals surface area contributed by atoms with Crippen molar-refractivity contribution in [2.24, 2.45) is 0 Å². The number of hydrogen-bond acceptors (Lipinski definition) is 0. The Balaban J connectivity index is 2.26. The molecule has 4 aromatic carbocycles. The Hall–Kier alpha value is -2.76. The van der Waals surface area contributed by atoms with Gasteiger partial charge in [-0.05, 0) is 0 Å². The molecule has 0 aliphatic rings. The summed E-state index contributed by atoms with van der Waals surface area (Å²) in [7, 11) is 0. The van der Waals surface area contributed by atoms with E-state index >= 15 is 4.39 Å². The fourth-order valence-electron chi connectivity index (χ4n) is 4.17. The summed E-state index contributed by atoms with van der Waals surface area (Å²) < 4.78 is 15.4. The summed E-state index contributed by atoms with van der Waals surface area (Å²) >= 11 is 0. The summed E-state index contributed by atoms with van der Waals surface area (Å²) in [5.41, 5.74) is 0. The predicted octanol–water partition coefficient (Wildman–Crippen LogP) is 4.61. The Kier molecular flexibility index (Phi) is 4.42. The van der Waals surface area contributed by atoms with E-state index < -0.39 is 6.60 Å². The Morgan fingerprint density at radius 1 is 0.481 bits per heavy atom. The molecular formula is C25H22FP. The monoisotopic (exact) mass is 372 g/mol. The van der Waals surface area contributed by atoms with Gasteiger partial charge >= 0.3 is 160 Å². The Labute approximate surface area is 160 Å². The number of benzene rings is 4. The van der Waals surface area contributed by atoms with E-state index in [1.807, 2.05) is 66.7 Å². The van der Waals surface area contributed by atoms with E-state index in [0.29, 0.717) is 0 Å². The van der Waals surface area contributed by atoms with Gasteiger partial charge in [-0.15, -0.1) is 0 Å². The minimum atomic E-state index is -3.24. The van der Waals surface area contributed by atoms with E-state index in [2.05, 4.69) is 43.1 Å². The van der Waals surface area contributed by atoms with E-state index in [1.54, 1.807) is 12.1 Å². The van der Waals surface area contributed by atoms with Crippen molar-refractivity contribution in [2.45, 2.75) is 0 Å². The van der Waals surface area contributed by atoms with Gasteiger partial charge in [-0.25, -0.2) is 0 Å². The summed E-state index contributed by atoms with van der Waals surface area (Å²) in [5, 5.41) is 4.25. The first-order chi connectivity index (χ1) is 13.2. The van der Waals surface area contributed by atoms with Crippen LogP contribution in [0.5, 0.6) is 0 Å². The zero-order valence-electron chi connectivity index (χ0n) is 15.3. The van der Waals surface area contributed by atoms with Crippen LogP contribution >= 0.6 is 6.60 Å². The molecule has 0 unspecified atom stereocenters. The fourth-order valence-corrected chi connectivity index (χ4v) is 9.72. The van der Waals surface area contributed by atoms with E-state index in [9.17, 15) is 0 Å². The number of halogens is 1. The SMILES string of the molecule is CP(c1ccccc1)(c1ccccc1)(c1ccccc1)c1ccccc1F. The fraction of sp³-hybridized carbons (Fsp3) is 0.0400. The third-order valence-electron chi connectivity index (χ3n) is 5.66. The van der Waals surface area contributed by atoms with Crippen LogP contribution in [-0.4, -0.2) is 6.66 Å².